The Bertz CT molecular complexity index is 1200. The number of para-hydroxylation sites is 2. The fraction of sp³-hybridized carbons (Fsp3) is 0.444. The maximum atomic E-state index is 13.9. The number of fused-ring (bicyclic) bond motifs is 3. The van der Waals surface area contributed by atoms with Gasteiger partial charge >= 0.3 is 0 Å². The second-order valence-electron chi connectivity index (χ2n) is 9.82. The molecular formula is C27H31ClN4O2. The maximum Gasteiger partial charge on any atom is 0.291 e. The van der Waals surface area contributed by atoms with Crippen LogP contribution in [0.15, 0.2) is 48.5 Å². The van der Waals surface area contributed by atoms with E-state index in [4.69, 9.17) is 11.6 Å². The van der Waals surface area contributed by atoms with Crippen molar-refractivity contribution in [3.63, 3.8) is 0 Å². The SMILES string of the molecule is C[C@@]1(C(=O)NC2CCCCCCC2)Cn2c(nc3ccccc32)C(=O)N1Cc1ccc(Cl)cc1. The number of aromatic nitrogens is 2. The number of carbonyl (C=O) groups is 2. The van der Waals surface area contributed by atoms with Crippen molar-refractivity contribution < 1.29 is 9.59 Å². The van der Waals surface area contributed by atoms with E-state index in [9.17, 15) is 9.59 Å². The Balaban J connectivity index is 1.51. The van der Waals surface area contributed by atoms with Crippen LogP contribution in [0.4, 0.5) is 0 Å². The summed E-state index contributed by atoms with van der Waals surface area (Å²) in [7, 11) is 0. The van der Waals surface area contributed by atoms with Crippen LogP contribution < -0.4 is 5.32 Å². The lowest BCUT2D eigenvalue weighted by Crippen LogP contribution is -2.64. The zero-order chi connectivity index (χ0) is 23.7. The predicted molar refractivity (Wildman–Crippen MR) is 134 cm³/mol. The van der Waals surface area contributed by atoms with Crippen LogP contribution in [0.3, 0.4) is 0 Å². The largest absolute Gasteiger partial charge is 0.351 e. The first-order valence-corrected chi connectivity index (χ1v) is 12.7. The number of carbonyl (C=O) groups excluding carboxylic acids is 2. The van der Waals surface area contributed by atoms with Gasteiger partial charge in [0.1, 0.15) is 5.54 Å². The molecule has 2 aromatic carbocycles. The van der Waals surface area contributed by atoms with E-state index >= 15 is 0 Å². The van der Waals surface area contributed by atoms with Crippen LogP contribution in [0.5, 0.6) is 0 Å². The van der Waals surface area contributed by atoms with Crippen molar-refractivity contribution in [3.8, 4) is 0 Å². The van der Waals surface area contributed by atoms with E-state index in [1.54, 1.807) is 4.90 Å². The Morgan fingerprint density at radius 3 is 2.47 bits per heavy atom. The van der Waals surface area contributed by atoms with Crippen molar-refractivity contribution in [2.75, 3.05) is 0 Å². The van der Waals surface area contributed by atoms with Crippen LogP contribution in [-0.2, 0) is 17.9 Å². The minimum absolute atomic E-state index is 0.0937. The molecule has 1 saturated carbocycles. The molecule has 0 unspecified atom stereocenters. The van der Waals surface area contributed by atoms with Crippen LogP contribution in [0.2, 0.25) is 5.02 Å². The number of nitrogens with one attached hydrogen (secondary N) is 1. The van der Waals surface area contributed by atoms with Gasteiger partial charge in [0.15, 0.2) is 5.82 Å². The Morgan fingerprint density at radius 1 is 1.06 bits per heavy atom. The molecule has 178 valence electrons. The molecule has 5 rings (SSSR count). The minimum atomic E-state index is -1.05. The van der Waals surface area contributed by atoms with Crippen LogP contribution in [0.1, 0.15) is 68.1 Å². The lowest BCUT2D eigenvalue weighted by molar-refractivity contribution is -0.134. The molecular weight excluding hydrogens is 448 g/mol. The molecule has 1 aromatic heterocycles. The summed E-state index contributed by atoms with van der Waals surface area (Å²) in [6.45, 7) is 2.56. The highest BCUT2D eigenvalue weighted by atomic mass is 35.5. The average Bonchev–Trinajstić information content (AvgIpc) is 3.18. The van der Waals surface area contributed by atoms with Crippen LogP contribution in [0.25, 0.3) is 11.0 Å². The molecule has 1 aliphatic carbocycles. The molecule has 0 spiro atoms. The Hall–Kier alpha value is -2.86. The van der Waals surface area contributed by atoms with E-state index in [1.165, 1.54) is 19.3 Å². The normalized spacial score (nSPS) is 21.7. The third-order valence-corrected chi connectivity index (χ3v) is 7.59. The van der Waals surface area contributed by atoms with Crippen LogP contribution in [0, 0.1) is 0 Å². The smallest absolute Gasteiger partial charge is 0.291 e. The molecule has 1 aliphatic heterocycles. The maximum absolute atomic E-state index is 13.9. The van der Waals surface area contributed by atoms with E-state index in [1.807, 2.05) is 60.0 Å². The van der Waals surface area contributed by atoms with Gasteiger partial charge in [-0.25, -0.2) is 4.98 Å². The van der Waals surface area contributed by atoms with Crippen molar-refractivity contribution in [2.24, 2.45) is 0 Å². The lowest BCUT2D eigenvalue weighted by Gasteiger charge is -2.44. The molecule has 0 saturated heterocycles. The molecule has 3 aromatic rings. The van der Waals surface area contributed by atoms with E-state index in [-0.39, 0.29) is 17.9 Å². The molecule has 2 amide bonds. The zero-order valence-electron chi connectivity index (χ0n) is 19.6. The average molecular weight is 479 g/mol. The number of amides is 2. The minimum Gasteiger partial charge on any atom is -0.351 e. The first kappa shape index (κ1) is 22.9. The Kier molecular flexibility index (Phi) is 6.34. The fourth-order valence-corrected chi connectivity index (χ4v) is 5.42. The summed E-state index contributed by atoms with van der Waals surface area (Å²) in [6.07, 6.45) is 7.96. The third kappa shape index (κ3) is 4.31. The Labute approximate surface area is 205 Å². The highest BCUT2D eigenvalue weighted by molar-refractivity contribution is 6.30. The Morgan fingerprint density at radius 2 is 1.74 bits per heavy atom. The van der Waals surface area contributed by atoms with Crippen LogP contribution >= 0.6 is 11.6 Å². The lowest BCUT2D eigenvalue weighted by atomic mass is 9.92. The summed E-state index contributed by atoms with van der Waals surface area (Å²) in [6, 6.07) is 15.3. The number of rotatable bonds is 4. The number of halogens is 1. The van der Waals surface area contributed by atoms with Gasteiger partial charge in [0.25, 0.3) is 5.91 Å². The first-order chi connectivity index (χ1) is 16.5. The summed E-state index contributed by atoms with van der Waals surface area (Å²) in [4.78, 5) is 34.0. The monoisotopic (exact) mass is 478 g/mol. The van der Waals surface area contributed by atoms with Gasteiger partial charge in [-0.2, -0.15) is 0 Å². The standard InChI is InChI=1S/C27H31ClN4O2/c1-27(26(34)29-21-9-5-3-2-4-6-10-21)18-31-23-12-8-7-11-22(23)30-24(31)25(33)32(27)17-19-13-15-20(28)16-14-19/h7-8,11-16,21H,2-6,9-10,17-18H2,1H3,(H,29,34)/t27-/m0/s1. The molecule has 0 radical (unpaired) electrons. The molecule has 1 N–H and O–H groups in total. The van der Waals surface area contributed by atoms with E-state index < -0.39 is 5.54 Å². The topological polar surface area (TPSA) is 67.2 Å². The summed E-state index contributed by atoms with van der Waals surface area (Å²) in [5, 5.41) is 3.96. The first-order valence-electron chi connectivity index (χ1n) is 12.3. The third-order valence-electron chi connectivity index (χ3n) is 7.34. The predicted octanol–water partition coefficient (Wildman–Crippen LogP) is 5.33. The van der Waals surface area contributed by atoms with Gasteiger partial charge in [-0.15, -0.1) is 0 Å². The number of hydrogen-bond acceptors (Lipinski definition) is 3. The number of benzene rings is 2. The van der Waals surface area contributed by atoms with Gasteiger partial charge in [0, 0.05) is 17.6 Å². The molecule has 6 nitrogen and oxygen atoms in total. The second-order valence-corrected chi connectivity index (χ2v) is 10.3. The molecule has 2 aliphatic rings. The molecule has 1 atom stereocenters. The fourth-order valence-electron chi connectivity index (χ4n) is 5.29. The quantitative estimate of drug-likeness (QED) is 0.550. The molecule has 7 heteroatoms. The highest BCUT2D eigenvalue weighted by Gasteiger charge is 2.48. The van der Waals surface area contributed by atoms with Crippen molar-refractivity contribution in [1.29, 1.82) is 0 Å². The number of imidazole rings is 1. The zero-order valence-corrected chi connectivity index (χ0v) is 20.4. The molecule has 1 fully saturated rings. The molecule has 34 heavy (non-hydrogen) atoms. The van der Waals surface area contributed by atoms with Gasteiger partial charge in [-0.05, 0) is 49.6 Å². The van der Waals surface area contributed by atoms with Crippen molar-refractivity contribution in [2.45, 2.75) is 76.5 Å². The van der Waals surface area contributed by atoms with E-state index in [0.29, 0.717) is 23.9 Å². The van der Waals surface area contributed by atoms with Crippen molar-refractivity contribution >= 4 is 34.4 Å². The van der Waals surface area contributed by atoms with Crippen LogP contribution in [-0.4, -0.2) is 37.8 Å². The van der Waals surface area contributed by atoms with Gasteiger partial charge < -0.3 is 14.8 Å². The van der Waals surface area contributed by atoms with Gasteiger partial charge in [0.05, 0.1) is 17.6 Å². The van der Waals surface area contributed by atoms with Gasteiger partial charge in [-0.1, -0.05) is 68.0 Å². The summed E-state index contributed by atoms with van der Waals surface area (Å²) < 4.78 is 1.91. The summed E-state index contributed by atoms with van der Waals surface area (Å²) >= 11 is 6.08. The highest BCUT2D eigenvalue weighted by Crippen LogP contribution is 2.32. The molecule has 0 bridgehead atoms. The molecule has 2 heterocycles. The number of nitrogens with zero attached hydrogens (tertiary/aromatic N) is 3. The van der Waals surface area contributed by atoms with E-state index in [0.717, 1.165) is 42.3 Å². The van der Waals surface area contributed by atoms with Crippen molar-refractivity contribution in [3.05, 3.63) is 64.9 Å². The second kappa shape index (κ2) is 9.41. The van der Waals surface area contributed by atoms with Gasteiger partial charge in [-0.3, -0.25) is 9.59 Å². The van der Waals surface area contributed by atoms with E-state index in [2.05, 4.69) is 10.3 Å². The summed E-state index contributed by atoms with van der Waals surface area (Å²) in [5.74, 6) is 0.0583. The van der Waals surface area contributed by atoms with Gasteiger partial charge in [0.2, 0.25) is 5.91 Å². The summed E-state index contributed by atoms with van der Waals surface area (Å²) in [5.41, 5.74) is 1.52. The number of hydrogen-bond donors (Lipinski definition) is 1. The van der Waals surface area contributed by atoms with Crippen molar-refractivity contribution in [1.82, 2.24) is 19.8 Å².